The van der Waals surface area contributed by atoms with Gasteiger partial charge in [0, 0.05) is 6.54 Å². The molecule has 4 nitrogen and oxygen atoms in total. The van der Waals surface area contributed by atoms with Crippen LogP contribution in [0.15, 0.2) is 24.3 Å². The average molecular weight is 289 g/mol. The van der Waals surface area contributed by atoms with Gasteiger partial charge in [0.15, 0.2) is 0 Å². The van der Waals surface area contributed by atoms with Crippen LogP contribution in [-0.4, -0.2) is 30.3 Å². The first-order valence-corrected chi connectivity index (χ1v) is 7.13. The van der Waals surface area contributed by atoms with Gasteiger partial charge in [-0.15, -0.1) is 6.42 Å². The monoisotopic (exact) mass is 289 g/mol. The third-order valence-corrected chi connectivity index (χ3v) is 3.15. The van der Waals surface area contributed by atoms with Gasteiger partial charge in [-0.05, 0) is 30.0 Å². The fourth-order valence-electron chi connectivity index (χ4n) is 1.72. The van der Waals surface area contributed by atoms with Gasteiger partial charge in [-0.25, -0.2) is 0 Å². The Labute approximate surface area is 126 Å². The van der Waals surface area contributed by atoms with Crippen LogP contribution in [0.25, 0.3) is 0 Å². The van der Waals surface area contributed by atoms with Crippen LogP contribution in [0, 0.1) is 18.3 Å². The molecule has 1 amide bonds. The zero-order valence-corrected chi connectivity index (χ0v) is 12.6. The molecule has 1 atom stereocenters. The fraction of sp³-hybridized carbons (Fsp3) is 0.471. The van der Waals surface area contributed by atoms with E-state index >= 15 is 0 Å². The van der Waals surface area contributed by atoms with Gasteiger partial charge in [0.1, 0.15) is 12.4 Å². The Hall–Kier alpha value is -1.99. The number of terminal acetylenes is 1. The number of nitrogens with one attached hydrogen (secondary N) is 1. The van der Waals surface area contributed by atoms with Crippen molar-refractivity contribution in [1.82, 2.24) is 5.32 Å². The number of ether oxygens (including phenoxy) is 1. The molecule has 0 fully saturated rings. The second kappa shape index (κ2) is 9.04. The molecule has 0 spiro atoms. The summed E-state index contributed by atoms with van der Waals surface area (Å²) in [5.74, 6) is 3.12. The van der Waals surface area contributed by atoms with Crippen molar-refractivity contribution in [2.45, 2.75) is 32.8 Å². The Morgan fingerprint density at radius 1 is 1.38 bits per heavy atom. The molecule has 0 aliphatic heterocycles. The maximum absolute atomic E-state index is 11.6. The Morgan fingerprint density at radius 2 is 2.05 bits per heavy atom. The number of hydrogen-bond acceptors (Lipinski definition) is 3. The molecule has 0 saturated carbocycles. The second-order valence-corrected chi connectivity index (χ2v) is 5.25. The van der Waals surface area contributed by atoms with Crippen molar-refractivity contribution < 1.29 is 14.6 Å². The van der Waals surface area contributed by atoms with Crippen LogP contribution in [0.3, 0.4) is 0 Å². The minimum absolute atomic E-state index is 0.0892. The molecule has 1 unspecified atom stereocenters. The maximum atomic E-state index is 11.6. The van der Waals surface area contributed by atoms with Gasteiger partial charge in [0.05, 0.1) is 12.5 Å². The van der Waals surface area contributed by atoms with E-state index < -0.39 is 6.10 Å². The second-order valence-electron chi connectivity index (χ2n) is 5.25. The van der Waals surface area contributed by atoms with Crippen LogP contribution >= 0.6 is 0 Å². The minimum Gasteiger partial charge on any atom is -0.481 e. The SMILES string of the molecule is C#CCOc1ccc(CCNC(=O)CC(O)C(C)C)cc1. The van der Waals surface area contributed by atoms with Gasteiger partial charge >= 0.3 is 0 Å². The van der Waals surface area contributed by atoms with E-state index in [2.05, 4.69) is 11.2 Å². The fourth-order valence-corrected chi connectivity index (χ4v) is 1.72. The highest BCUT2D eigenvalue weighted by Crippen LogP contribution is 2.12. The predicted molar refractivity (Wildman–Crippen MR) is 82.9 cm³/mol. The topological polar surface area (TPSA) is 58.6 Å². The summed E-state index contributed by atoms with van der Waals surface area (Å²) >= 11 is 0. The lowest BCUT2D eigenvalue weighted by Gasteiger charge is -2.14. The van der Waals surface area contributed by atoms with Crippen LogP contribution in [0.2, 0.25) is 0 Å². The molecule has 0 aliphatic rings. The number of carbonyl (C=O) groups is 1. The van der Waals surface area contributed by atoms with E-state index in [4.69, 9.17) is 11.2 Å². The van der Waals surface area contributed by atoms with E-state index in [1.165, 1.54) is 0 Å². The first kappa shape index (κ1) is 17.1. The van der Waals surface area contributed by atoms with Crippen LogP contribution in [0.4, 0.5) is 0 Å². The highest BCUT2D eigenvalue weighted by molar-refractivity contribution is 5.76. The Bertz CT molecular complexity index is 474. The van der Waals surface area contributed by atoms with Gasteiger partial charge < -0.3 is 15.2 Å². The van der Waals surface area contributed by atoms with Crippen molar-refractivity contribution in [1.29, 1.82) is 0 Å². The van der Waals surface area contributed by atoms with Crippen LogP contribution in [0.5, 0.6) is 5.75 Å². The smallest absolute Gasteiger partial charge is 0.222 e. The number of amides is 1. The molecule has 1 rings (SSSR count). The molecule has 1 aromatic rings. The first-order chi connectivity index (χ1) is 10.0. The van der Waals surface area contributed by atoms with Crippen LogP contribution in [0.1, 0.15) is 25.8 Å². The largest absolute Gasteiger partial charge is 0.481 e. The van der Waals surface area contributed by atoms with Crippen molar-refractivity contribution in [3.8, 4) is 18.1 Å². The first-order valence-electron chi connectivity index (χ1n) is 7.13. The molecular formula is C17H23NO3. The third-order valence-electron chi connectivity index (χ3n) is 3.15. The number of carbonyl (C=O) groups excluding carboxylic acids is 1. The molecule has 1 aromatic carbocycles. The van der Waals surface area contributed by atoms with E-state index in [1.807, 2.05) is 38.1 Å². The molecule has 21 heavy (non-hydrogen) atoms. The highest BCUT2D eigenvalue weighted by atomic mass is 16.5. The van der Waals surface area contributed by atoms with Crippen molar-refractivity contribution in [2.24, 2.45) is 5.92 Å². The van der Waals surface area contributed by atoms with E-state index in [0.717, 1.165) is 17.7 Å². The molecule has 0 heterocycles. The molecule has 114 valence electrons. The summed E-state index contributed by atoms with van der Waals surface area (Å²) in [5.41, 5.74) is 1.10. The Morgan fingerprint density at radius 3 is 2.62 bits per heavy atom. The minimum atomic E-state index is -0.586. The molecule has 0 aromatic heterocycles. The number of hydrogen-bond donors (Lipinski definition) is 2. The lowest BCUT2D eigenvalue weighted by molar-refractivity contribution is -0.123. The number of rotatable bonds is 8. The Balaban J connectivity index is 2.29. The van der Waals surface area contributed by atoms with Crippen molar-refractivity contribution in [3.63, 3.8) is 0 Å². The summed E-state index contributed by atoms with van der Waals surface area (Å²) in [5, 5.41) is 12.4. The highest BCUT2D eigenvalue weighted by Gasteiger charge is 2.13. The van der Waals surface area contributed by atoms with Gasteiger partial charge in [-0.1, -0.05) is 31.9 Å². The summed E-state index contributed by atoms with van der Waals surface area (Å²) in [6.07, 6.45) is 5.42. The molecule has 0 saturated heterocycles. The molecular weight excluding hydrogens is 266 g/mol. The van der Waals surface area contributed by atoms with E-state index in [-0.39, 0.29) is 24.9 Å². The number of aliphatic hydroxyl groups excluding tert-OH is 1. The summed E-state index contributed by atoms with van der Waals surface area (Å²) < 4.78 is 5.29. The van der Waals surface area contributed by atoms with E-state index in [1.54, 1.807) is 0 Å². The van der Waals surface area contributed by atoms with Crippen molar-refractivity contribution >= 4 is 5.91 Å². The van der Waals surface area contributed by atoms with Gasteiger partial charge in [0.2, 0.25) is 5.91 Å². The van der Waals surface area contributed by atoms with Gasteiger partial charge in [-0.3, -0.25) is 4.79 Å². The molecule has 0 radical (unpaired) electrons. The summed E-state index contributed by atoms with van der Waals surface area (Å²) in [6, 6.07) is 7.61. The zero-order valence-electron chi connectivity index (χ0n) is 12.6. The Kier molecular flexibility index (Phi) is 7.34. The normalized spacial score (nSPS) is 11.8. The summed E-state index contributed by atoms with van der Waals surface area (Å²) in [6.45, 7) is 4.59. The van der Waals surface area contributed by atoms with Crippen LogP contribution in [-0.2, 0) is 11.2 Å². The lowest BCUT2D eigenvalue weighted by atomic mass is 10.0. The summed E-state index contributed by atoms with van der Waals surface area (Å²) in [7, 11) is 0. The van der Waals surface area contributed by atoms with E-state index in [0.29, 0.717) is 6.54 Å². The maximum Gasteiger partial charge on any atom is 0.222 e. The molecule has 0 aliphatic carbocycles. The molecule has 0 bridgehead atoms. The lowest BCUT2D eigenvalue weighted by Crippen LogP contribution is -2.30. The molecule has 2 N–H and O–H groups in total. The van der Waals surface area contributed by atoms with Crippen LogP contribution < -0.4 is 10.1 Å². The van der Waals surface area contributed by atoms with Gasteiger partial charge in [0.25, 0.3) is 0 Å². The molecule has 4 heteroatoms. The number of aliphatic hydroxyl groups is 1. The average Bonchev–Trinajstić information content (AvgIpc) is 2.46. The van der Waals surface area contributed by atoms with Crippen molar-refractivity contribution in [2.75, 3.05) is 13.2 Å². The number of benzene rings is 1. The quantitative estimate of drug-likeness (QED) is 0.717. The van der Waals surface area contributed by atoms with Gasteiger partial charge in [-0.2, -0.15) is 0 Å². The predicted octanol–water partition coefficient (Wildman–Crippen LogP) is 1.76. The standard InChI is InChI=1S/C17H23NO3/c1-4-11-21-15-7-5-14(6-8-15)9-10-18-17(20)12-16(19)13(2)3/h1,5-8,13,16,19H,9-12H2,2-3H3,(H,18,20). The summed E-state index contributed by atoms with van der Waals surface area (Å²) in [4.78, 5) is 11.6. The third kappa shape index (κ3) is 6.82. The van der Waals surface area contributed by atoms with Crippen molar-refractivity contribution in [3.05, 3.63) is 29.8 Å². The van der Waals surface area contributed by atoms with E-state index in [9.17, 15) is 9.90 Å². The zero-order chi connectivity index (χ0) is 15.7.